The lowest BCUT2D eigenvalue weighted by atomic mass is 10.1. The quantitative estimate of drug-likeness (QED) is 0.913. The molecule has 0 aliphatic carbocycles. The van der Waals surface area contributed by atoms with Crippen LogP contribution in [-0.4, -0.2) is 23.6 Å². The topological polar surface area (TPSA) is 47.0 Å². The molecular weight excluding hydrogens is 238 g/mol. The van der Waals surface area contributed by atoms with E-state index in [0.29, 0.717) is 0 Å². The Labute approximate surface area is 113 Å². The average molecular weight is 257 g/mol. The van der Waals surface area contributed by atoms with E-state index in [1.165, 1.54) is 0 Å². The third kappa shape index (κ3) is 2.84. The average Bonchev–Trinajstić information content (AvgIpc) is 2.43. The second-order valence-corrected chi connectivity index (χ2v) is 4.35. The molecule has 4 nitrogen and oxygen atoms in total. The predicted octanol–water partition coefficient (Wildman–Crippen LogP) is 3.20. The molecule has 0 radical (unpaired) electrons. The molecule has 0 aliphatic rings. The van der Waals surface area contributed by atoms with Gasteiger partial charge in [-0.25, -0.2) is 9.97 Å². The van der Waals surface area contributed by atoms with Crippen LogP contribution in [0.3, 0.4) is 0 Å². The van der Waals surface area contributed by atoms with Crippen molar-refractivity contribution in [1.29, 1.82) is 0 Å². The van der Waals surface area contributed by atoms with Gasteiger partial charge in [-0.1, -0.05) is 12.1 Å². The lowest BCUT2D eigenvalue weighted by Crippen LogP contribution is -2.06. The normalized spacial score (nSPS) is 10.3. The molecule has 4 heteroatoms. The Morgan fingerprint density at radius 2 is 1.89 bits per heavy atom. The second-order valence-electron chi connectivity index (χ2n) is 4.35. The van der Waals surface area contributed by atoms with Crippen LogP contribution in [0.15, 0.2) is 24.3 Å². The standard InChI is InChI=1S/C15H19N3O/c1-5-16-15-14(17-10(2)11(3)18-15)12-7-6-8-13(9-12)19-4/h6-9H,5H2,1-4H3,(H,16,18). The first kappa shape index (κ1) is 13.3. The first-order chi connectivity index (χ1) is 9.15. The summed E-state index contributed by atoms with van der Waals surface area (Å²) in [7, 11) is 1.66. The molecule has 1 N–H and O–H groups in total. The van der Waals surface area contributed by atoms with E-state index >= 15 is 0 Å². The van der Waals surface area contributed by atoms with Crippen LogP contribution < -0.4 is 10.1 Å². The molecule has 0 saturated heterocycles. The van der Waals surface area contributed by atoms with E-state index in [9.17, 15) is 0 Å². The van der Waals surface area contributed by atoms with Gasteiger partial charge in [0.05, 0.1) is 18.5 Å². The van der Waals surface area contributed by atoms with Crippen LogP contribution in [0.5, 0.6) is 5.75 Å². The van der Waals surface area contributed by atoms with Crippen molar-refractivity contribution >= 4 is 5.82 Å². The molecule has 1 aromatic heterocycles. The molecule has 2 aromatic rings. The zero-order chi connectivity index (χ0) is 13.8. The monoisotopic (exact) mass is 257 g/mol. The van der Waals surface area contributed by atoms with Crippen molar-refractivity contribution in [2.24, 2.45) is 0 Å². The number of benzene rings is 1. The summed E-state index contributed by atoms with van der Waals surface area (Å²) in [6.07, 6.45) is 0. The number of ether oxygens (including phenoxy) is 1. The summed E-state index contributed by atoms with van der Waals surface area (Å²) in [5.41, 5.74) is 3.76. The molecule has 2 rings (SSSR count). The summed E-state index contributed by atoms with van der Waals surface area (Å²) in [6, 6.07) is 7.87. The molecule has 0 unspecified atom stereocenters. The summed E-state index contributed by atoms with van der Waals surface area (Å²) in [4.78, 5) is 9.24. The van der Waals surface area contributed by atoms with Crippen LogP contribution in [-0.2, 0) is 0 Å². The number of anilines is 1. The smallest absolute Gasteiger partial charge is 0.152 e. The minimum Gasteiger partial charge on any atom is -0.497 e. The Bertz CT molecular complexity index is 582. The van der Waals surface area contributed by atoms with Crippen molar-refractivity contribution in [3.63, 3.8) is 0 Å². The highest BCUT2D eigenvalue weighted by Crippen LogP contribution is 2.28. The number of aryl methyl sites for hydroxylation is 2. The van der Waals surface area contributed by atoms with E-state index in [1.807, 2.05) is 45.0 Å². The maximum absolute atomic E-state index is 5.26. The lowest BCUT2D eigenvalue weighted by Gasteiger charge is -2.12. The van der Waals surface area contributed by atoms with Crippen molar-refractivity contribution in [2.45, 2.75) is 20.8 Å². The number of aromatic nitrogens is 2. The van der Waals surface area contributed by atoms with Crippen LogP contribution in [0, 0.1) is 13.8 Å². The molecule has 0 bridgehead atoms. The van der Waals surface area contributed by atoms with Gasteiger partial charge in [0.25, 0.3) is 0 Å². The third-order valence-electron chi connectivity index (χ3n) is 2.99. The van der Waals surface area contributed by atoms with Gasteiger partial charge in [0.1, 0.15) is 11.4 Å². The number of rotatable bonds is 4. The Morgan fingerprint density at radius 1 is 1.16 bits per heavy atom. The van der Waals surface area contributed by atoms with Crippen molar-refractivity contribution in [1.82, 2.24) is 9.97 Å². The summed E-state index contributed by atoms with van der Waals surface area (Å²) < 4.78 is 5.26. The molecule has 0 spiro atoms. The van der Waals surface area contributed by atoms with Crippen molar-refractivity contribution < 1.29 is 4.74 Å². The maximum atomic E-state index is 5.26. The lowest BCUT2D eigenvalue weighted by molar-refractivity contribution is 0.415. The highest BCUT2D eigenvalue weighted by molar-refractivity contribution is 5.72. The number of hydrogen-bond acceptors (Lipinski definition) is 4. The Hall–Kier alpha value is -2.10. The molecule has 100 valence electrons. The van der Waals surface area contributed by atoms with Crippen LogP contribution in [0.4, 0.5) is 5.82 Å². The van der Waals surface area contributed by atoms with Gasteiger partial charge in [-0.2, -0.15) is 0 Å². The number of nitrogens with zero attached hydrogens (tertiary/aromatic N) is 2. The molecule has 19 heavy (non-hydrogen) atoms. The van der Waals surface area contributed by atoms with E-state index < -0.39 is 0 Å². The molecule has 0 aliphatic heterocycles. The molecular formula is C15H19N3O. The Kier molecular flexibility index (Phi) is 4.00. The van der Waals surface area contributed by atoms with Gasteiger partial charge in [0, 0.05) is 12.1 Å². The van der Waals surface area contributed by atoms with Crippen molar-refractivity contribution in [3.8, 4) is 17.0 Å². The van der Waals surface area contributed by atoms with Gasteiger partial charge >= 0.3 is 0 Å². The zero-order valence-electron chi connectivity index (χ0n) is 11.8. The summed E-state index contributed by atoms with van der Waals surface area (Å²) in [6.45, 7) is 6.81. The minimum atomic E-state index is 0.814. The van der Waals surface area contributed by atoms with Gasteiger partial charge in [-0.05, 0) is 32.9 Å². The largest absolute Gasteiger partial charge is 0.497 e. The van der Waals surface area contributed by atoms with E-state index in [0.717, 1.165) is 40.8 Å². The minimum absolute atomic E-state index is 0.814. The summed E-state index contributed by atoms with van der Waals surface area (Å²) in [5, 5.41) is 3.27. The first-order valence-electron chi connectivity index (χ1n) is 6.39. The van der Waals surface area contributed by atoms with Gasteiger partial charge in [-0.15, -0.1) is 0 Å². The number of hydrogen-bond donors (Lipinski definition) is 1. The highest BCUT2D eigenvalue weighted by atomic mass is 16.5. The van der Waals surface area contributed by atoms with Crippen LogP contribution in [0.2, 0.25) is 0 Å². The van der Waals surface area contributed by atoms with Crippen LogP contribution in [0.25, 0.3) is 11.3 Å². The fourth-order valence-corrected chi connectivity index (χ4v) is 1.87. The van der Waals surface area contributed by atoms with Gasteiger partial charge in [0.2, 0.25) is 0 Å². The van der Waals surface area contributed by atoms with Gasteiger partial charge in [-0.3, -0.25) is 0 Å². The number of nitrogens with one attached hydrogen (secondary N) is 1. The van der Waals surface area contributed by atoms with Crippen molar-refractivity contribution in [3.05, 3.63) is 35.7 Å². The zero-order valence-corrected chi connectivity index (χ0v) is 11.8. The molecule has 1 heterocycles. The highest BCUT2D eigenvalue weighted by Gasteiger charge is 2.11. The van der Waals surface area contributed by atoms with E-state index in [1.54, 1.807) is 7.11 Å². The first-order valence-corrected chi connectivity index (χ1v) is 6.39. The second kappa shape index (κ2) is 5.69. The molecule has 0 atom stereocenters. The van der Waals surface area contributed by atoms with E-state index in [4.69, 9.17) is 4.74 Å². The van der Waals surface area contributed by atoms with E-state index in [2.05, 4.69) is 15.3 Å². The molecule has 0 saturated carbocycles. The van der Waals surface area contributed by atoms with Gasteiger partial charge < -0.3 is 10.1 Å². The third-order valence-corrected chi connectivity index (χ3v) is 2.99. The van der Waals surface area contributed by atoms with Crippen molar-refractivity contribution in [2.75, 3.05) is 19.0 Å². The van der Waals surface area contributed by atoms with Gasteiger partial charge in [0.15, 0.2) is 5.82 Å². The summed E-state index contributed by atoms with van der Waals surface area (Å²) >= 11 is 0. The Morgan fingerprint density at radius 3 is 2.58 bits per heavy atom. The summed E-state index contributed by atoms with van der Waals surface area (Å²) in [5.74, 6) is 1.64. The predicted molar refractivity (Wildman–Crippen MR) is 77.7 cm³/mol. The van der Waals surface area contributed by atoms with E-state index in [-0.39, 0.29) is 0 Å². The fraction of sp³-hybridized carbons (Fsp3) is 0.333. The SMILES string of the molecule is CCNc1nc(C)c(C)nc1-c1cccc(OC)c1. The fourth-order valence-electron chi connectivity index (χ4n) is 1.87. The van der Waals surface area contributed by atoms with Crippen LogP contribution >= 0.6 is 0 Å². The molecule has 0 amide bonds. The molecule has 1 aromatic carbocycles. The maximum Gasteiger partial charge on any atom is 0.152 e. The van der Waals surface area contributed by atoms with Crippen LogP contribution in [0.1, 0.15) is 18.3 Å². The number of methoxy groups -OCH3 is 1. The Balaban J connectivity index is 2.55. The molecule has 0 fully saturated rings.